The van der Waals surface area contributed by atoms with Gasteiger partial charge in [0.15, 0.2) is 0 Å². The Labute approximate surface area is 149 Å². The minimum Gasteiger partial charge on any atom is -0.481 e. The Morgan fingerprint density at radius 2 is 1.92 bits per heavy atom. The molecule has 25 heavy (non-hydrogen) atoms. The van der Waals surface area contributed by atoms with Crippen molar-refractivity contribution in [3.63, 3.8) is 0 Å². The monoisotopic (exact) mass is 360 g/mol. The molecular weight excluding hydrogens is 340 g/mol. The minimum atomic E-state index is -0.689. The second kappa shape index (κ2) is 7.76. The third-order valence-corrected chi connectivity index (χ3v) is 5.79. The van der Waals surface area contributed by atoms with Gasteiger partial charge in [-0.2, -0.15) is 0 Å². The van der Waals surface area contributed by atoms with Crippen molar-refractivity contribution in [3.05, 3.63) is 51.4 Å². The number of nitrogens with zero attached hydrogens (tertiary/aromatic N) is 1. The molecule has 0 aliphatic heterocycles. The summed E-state index contributed by atoms with van der Waals surface area (Å²) in [6.07, 6.45) is 3.19. The first-order chi connectivity index (χ1) is 12.0. The Morgan fingerprint density at radius 1 is 1.20 bits per heavy atom. The Hall–Kier alpha value is -2.25. The van der Waals surface area contributed by atoms with Crippen LogP contribution in [-0.4, -0.2) is 22.0 Å². The lowest BCUT2D eigenvalue weighted by Crippen LogP contribution is -2.34. The van der Waals surface area contributed by atoms with E-state index in [4.69, 9.17) is 5.11 Å². The summed E-state index contributed by atoms with van der Waals surface area (Å²) in [5.41, 5.74) is 0.765. The highest BCUT2D eigenvalue weighted by molar-refractivity contribution is 7.15. The number of para-hydroxylation sites is 1. The lowest BCUT2D eigenvalue weighted by molar-refractivity contribution is -0.384. The van der Waals surface area contributed by atoms with Crippen LogP contribution in [0.15, 0.2) is 36.4 Å². The zero-order valence-electron chi connectivity index (χ0n) is 13.7. The van der Waals surface area contributed by atoms with Crippen LogP contribution in [0, 0.1) is 16.0 Å². The third-order valence-electron chi connectivity index (χ3n) is 4.67. The molecule has 132 valence electrons. The summed E-state index contributed by atoms with van der Waals surface area (Å²) in [6.45, 7) is 0.702. The molecule has 1 aliphatic rings. The molecule has 0 amide bonds. The highest BCUT2D eigenvalue weighted by Crippen LogP contribution is 2.34. The Balaban J connectivity index is 1.60. The number of nitro benzene ring substituents is 1. The number of nitro groups is 1. The van der Waals surface area contributed by atoms with Gasteiger partial charge in [-0.05, 0) is 43.9 Å². The number of carbonyl (C=O) groups is 1. The normalized spacial score (nSPS) is 20.3. The van der Waals surface area contributed by atoms with Gasteiger partial charge >= 0.3 is 5.97 Å². The van der Waals surface area contributed by atoms with Crippen molar-refractivity contribution in [2.24, 2.45) is 5.92 Å². The molecule has 1 fully saturated rings. The van der Waals surface area contributed by atoms with Gasteiger partial charge < -0.3 is 10.4 Å². The number of thiophene rings is 1. The maximum atomic E-state index is 11.2. The van der Waals surface area contributed by atoms with Crippen LogP contribution >= 0.6 is 11.3 Å². The van der Waals surface area contributed by atoms with Crippen LogP contribution in [0.25, 0.3) is 10.4 Å². The van der Waals surface area contributed by atoms with E-state index in [0.29, 0.717) is 18.2 Å². The lowest BCUT2D eigenvalue weighted by Gasteiger charge is -2.26. The number of aliphatic carboxylic acids is 1. The first kappa shape index (κ1) is 17.6. The summed E-state index contributed by atoms with van der Waals surface area (Å²) in [5.74, 6) is -0.893. The number of hydrogen-bond acceptors (Lipinski definition) is 5. The largest absolute Gasteiger partial charge is 0.481 e. The molecule has 0 unspecified atom stereocenters. The molecule has 6 nitrogen and oxygen atoms in total. The SMILES string of the molecule is O=C(O)C1CCC(NCc2ccc(-c3ccccc3[N+](=O)[O-])s2)CC1. The van der Waals surface area contributed by atoms with Gasteiger partial charge in [-0.25, -0.2) is 0 Å². The van der Waals surface area contributed by atoms with Crippen molar-refractivity contribution in [3.8, 4) is 10.4 Å². The maximum absolute atomic E-state index is 11.2. The molecular formula is C18H20N2O4S. The average molecular weight is 360 g/mol. The van der Waals surface area contributed by atoms with E-state index >= 15 is 0 Å². The summed E-state index contributed by atoms with van der Waals surface area (Å²) >= 11 is 1.55. The fourth-order valence-corrected chi connectivity index (χ4v) is 4.24. The summed E-state index contributed by atoms with van der Waals surface area (Å²) in [5, 5.41) is 23.7. The topological polar surface area (TPSA) is 92.5 Å². The summed E-state index contributed by atoms with van der Waals surface area (Å²) < 4.78 is 0. The molecule has 0 radical (unpaired) electrons. The molecule has 0 atom stereocenters. The van der Waals surface area contributed by atoms with Crippen molar-refractivity contribution in [1.29, 1.82) is 0 Å². The second-order valence-electron chi connectivity index (χ2n) is 6.31. The van der Waals surface area contributed by atoms with Gasteiger partial charge in [0, 0.05) is 28.4 Å². The number of benzene rings is 1. The first-order valence-corrected chi connectivity index (χ1v) is 9.15. The molecule has 1 saturated carbocycles. The van der Waals surface area contributed by atoms with Gasteiger partial charge in [-0.1, -0.05) is 12.1 Å². The van der Waals surface area contributed by atoms with Crippen molar-refractivity contribution in [2.75, 3.05) is 0 Å². The van der Waals surface area contributed by atoms with Gasteiger partial charge in [0.2, 0.25) is 0 Å². The zero-order valence-corrected chi connectivity index (χ0v) is 14.5. The van der Waals surface area contributed by atoms with Crippen molar-refractivity contribution >= 4 is 23.0 Å². The molecule has 1 aromatic carbocycles. The van der Waals surface area contributed by atoms with Crippen molar-refractivity contribution < 1.29 is 14.8 Å². The molecule has 1 aliphatic carbocycles. The van der Waals surface area contributed by atoms with Crippen molar-refractivity contribution in [2.45, 2.75) is 38.3 Å². The van der Waals surface area contributed by atoms with Gasteiger partial charge in [-0.15, -0.1) is 11.3 Å². The van der Waals surface area contributed by atoms with Crippen LogP contribution < -0.4 is 5.32 Å². The predicted molar refractivity (Wildman–Crippen MR) is 96.6 cm³/mol. The smallest absolute Gasteiger partial charge is 0.306 e. The second-order valence-corrected chi connectivity index (χ2v) is 7.48. The van der Waals surface area contributed by atoms with Crippen LogP contribution in [0.3, 0.4) is 0 Å². The Morgan fingerprint density at radius 3 is 2.60 bits per heavy atom. The first-order valence-electron chi connectivity index (χ1n) is 8.33. The minimum absolute atomic E-state index is 0.121. The van der Waals surface area contributed by atoms with Crippen LogP contribution in [-0.2, 0) is 11.3 Å². The number of rotatable bonds is 6. The van der Waals surface area contributed by atoms with E-state index in [0.717, 1.165) is 35.4 Å². The highest BCUT2D eigenvalue weighted by atomic mass is 32.1. The third kappa shape index (κ3) is 4.24. The highest BCUT2D eigenvalue weighted by Gasteiger charge is 2.25. The van der Waals surface area contributed by atoms with E-state index in [2.05, 4.69) is 5.32 Å². The Kier molecular flexibility index (Phi) is 5.45. The number of nitrogens with one attached hydrogen (secondary N) is 1. The van der Waals surface area contributed by atoms with Gasteiger partial charge in [-0.3, -0.25) is 14.9 Å². The number of carboxylic acid groups (broad SMARTS) is 1. The van der Waals surface area contributed by atoms with Crippen LogP contribution in [0.4, 0.5) is 5.69 Å². The molecule has 0 saturated heterocycles. The lowest BCUT2D eigenvalue weighted by atomic mass is 9.86. The zero-order chi connectivity index (χ0) is 17.8. The van der Waals surface area contributed by atoms with E-state index in [-0.39, 0.29) is 16.5 Å². The summed E-state index contributed by atoms with van der Waals surface area (Å²) in [7, 11) is 0. The summed E-state index contributed by atoms with van der Waals surface area (Å²) in [4.78, 5) is 23.8. The van der Waals surface area contributed by atoms with Gasteiger partial charge in [0.1, 0.15) is 0 Å². The number of carboxylic acids is 1. The average Bonchev–Trinajstić information content (AvgIpc) is 3.09. The number of hydrogen-bond donors (Lipinski definition) is 2. The molecule has 0 spiro atoms. The van der Waals surface area contributed by atoms with E-state index in [1.54, 1.807) is 29.5 Å². The fraction of sp³-hybridized carbons (Fsp3) is 0.389. The molecule has 1 heterocycles. The molecule has 7 heteroatoms. The maximum Gasteiger partial charge on any atom is 0.306 e. The molecule has 3 rings (SSSR count). The summed E-state index contributed by atoms with van der Waals surface area (Å²) in [6, 6.07) is 11.0. The quantitative estimate of drug-likeness (QED) is 0.599. The van der Waals surface area contributed by atoms with Gasteiger partial charge in [0.25, 0.3) is 5.69 Å². The molecule has 2 aromatic rings. The molecule has 1 aromatic heterocycles. The predicted octanol–water partition coefficient (Wildman–Crippen LogP) is 4.06. The van der Waals surface area contributed by atoms with E-state index in [1.165, 1.54) is 6.07 Å². The fourth-order valence-electron chi connectivity index (χ4n) is 3.25. The Bertz CT molecular complexity index is 766. The van der Waals surface area contributed by atoms with Crippen LogP contribution in [0.5, 0.6) is 0 Å². The van der Waals surface area contributed by atoms with E-state index < -0.39 is 5.97 Å². The molecule has 0 bridgehead atoms. The van der Waals surface area contributed by atoms with E-state index in [1.807, 2.05) is 12.1 Å². The van der Waals surface area contributed by atoms with Gasteiger partial charge in [0.05, 0.1) is 16.4 Å². The van der Waals surface area contributed by atoms with E-state index in [9.17, 15) is 14.9 Å². The van der Waals surface area contributed by atoms with Crippen LogP contribution in [0.1, 0.15) is 30.6 Å². The standard InChI is InChI=1S/C18H20N2O4S/c21-18(22)12-5-7-13(8-6-12)19-11-14-9-10-17(25-14)15-3-1-2-4-16(15)20(23)24/h1-4,9-10,12-13,19H,5-8,11H2,(H,21,22). The molecule has 2 N–H and O–H groups in total. The van der Waals surface area contributed by atoms with Crippen LogP contribution in [0.2, 0.25) is 0 Å². The van der Waals surface area contributed by atoms with Crippen molar-refractivity contribution in [1.82, 2.24) is 5.32 Å².